The van der Waals surface area contributed by atoms with Crippen LogP contribution in [0.2, 0.25) is 0 Å². The minimum atomic E-state index is -0.271. The Morgan fingerprint density at radius 1 is 1.16 bits per heavy atom. The Bertz CT molecular complexity index is 342. The van der Waals surface area contributed by atoms with Crippen molar-refractivity contribution in [2.75, 3.05) is 7.05 Å². The van der Waals surface area contributed by atoms with Crippen molar-refractivity contribution in [1.29, 1.82) is 0 Å². The SMILES string of the molecule is CC(C)[N+]1(C)C2CCC1CC(NC(=O)C(C)(C)C)C2. The van der Waals surface area contributed by atoms with Crippen LogP contribution >= 0.6 is 0 Å². The number of piperidine rings is 1. The molecular weight excluding hydrogens is 236 g/mol. The van der Waals surface area contributed by atoms with Crippen LogP contribution in [0.4, 0.5) is 0 Å². The molecule has 2 unspecified atom stereocenters. The first-order chi connectivity index (χ1) is 8.65. The number of fused-ring (bicyclic) bond motifs is 2. The maximum absolute atomic E-state index is 12.1. The quantitative estimate of drug-likeness (QED) is 0.766. The van der Waals surface area contributed by atoms with Crippen molar-refractivity contribution >= 4 is 5.91 Å². The summed E-state index contributed by atoms with van der Waals surface area (Å²) in [5.41, 5.74) is -0.271. The first kappa shape index (κ1) is 14.8. The normalized spacial score (nSPS) is 38.6. The third-order valence-electron chi connectivity index (χ3n) is 5.65. The van der Waals surface area contributed by atoms with Crippen LogP contribution in [0.1, 0.15) is 60.3 Å². The van der Waals surface area contributed by atoms with E-state index in [2.05, 4.69) is 26.2 Å². The summed E-state index contributed by atoms with van der Waals surface area (Å²) in [6.45, 7) is 10.7. The van der Waals surface area contributed by atoms with Crippen molar-refractivity contribution < 1.29 is 9.28 Å². The van der Waals surface area contributed by atoms with Crippen LogP contribution in [-0.2, 0) is 4.79 Å². The number of carbonyl (C=O) groups is 1. The molecular formula is C16H31N2O+. The lowest BCUT2D eigenvalue weighted by Gasteiger charge is -2.50. The largest absolute Gasteiger partial charge is 0.352 e. The highest BCUT2D eigenvalue weighted by Crippen LogP contribution is 2.43. The fraction of sp³-hybridized carbons (Fsp3) is 0.938. The van der Waals surface area contributed by atoms with E-state index >= 15 is 0 Å². The van der Waals surface area contributed by atoms with Crippen LogP contribution in [0.25, 0.3) is 0 Å². The maximum Gasteiger partial charge on any atom is 0.225 e. The van der Waals surface area contributed by atoms with E-state index in [1.54, 1.807) is 0 Å². The van der Waals surface area contributed by atoms with Gasteiger partial charge in [-0.3, -0.25) is 4.79 Å². The molecule has 0 aliphatic carbocycles. The van der Waals surface area contributed by atoms with Gasteiger partial charge in [-0.25, -0.2) is 0 Å². The molecule has 0 aromatic rings. The Kier molecular flexibility index (Phi) is 3.72. The van der Waals surface area contributed by atoms with Gasteiger partial charge >= 0.3 is 0 Å². The van der Waals surface area contributed by atoms with E-state index in [1.165, 1.54) is 17.3 Å². The van der Waals surface area contributed by atoms with Gasteiger partial charge in [-0.1, -0.05) is 20.8 Å². The lowest BCUT2D eigenvalue weighted by Crippen LogP contribution is -2.64. The topological polar surface area (TPSA) is 29.1 Å². The predicted molar refractivity (Wildman–Crippen MR) is 78.8 cm³/mol. The molecule has 1 amide bonds. The van der Waals surface area contributed by atoms with Crippen LogP contribution < -0.4 is 5.32 Å². The van der Waals surface area contributed by atoms with Gasteiger partial charge in [0, 0.05) is 37.1 Å². The highest BCUT2D eigenvalue weighted by atomic mass is 16.2. The van der Waals surface area contributed by atoms with Crippen molar-refractivity contribution in [3.05, 3.63) is 0 Å². The van der Waals surface area contributed by atoms with Crippen LogP contribution in [0.3, 0.4) is 0 Å². The van der Waals surface area contributed by atoms with Crippen molar-refractivity contribution in [3.8, 4) is 0 Å². The average molecular weight is 267 g/mol. The molecule has 2 atom stereocenters. The first-order valence-electron chi connectivity index (χ1n) is 7.82. The average Bonchev–Trinajstić information content (AvgIpc) is 2.48. The molecule has 0 spiro atoms. The van der Waals surface area contributed by atoms with Crippen molar-refractivity contribution in [3.63, 3.8) is 0 Å². The molecule has 110 valence electrons. The second-order valence-electron chi connectivity index (χ2n) is 8.09. The minimum Gasteiger partial charge on any atom is -0.352 e. The van der Waals surface area contributed by atoms with E-state index < -0.39 is 0 Å². The van der Waals surface area contributed by atoms with Crippen molar-refractivity contribution in [2.24, 2.45) is 5.41 Å². The summed E-state index contributed by atoms with van der Waals surface area (Å²) < 4.78 is 1.22. The van der Waals surface area contributed by atoms with Crippen LogP contribution in [0.5, 0.6) is 0 Å². The van der Waals surface area contributed by atoms with Gasteiger partial charge in [0.2, 0.25) is 5.91 Å². The van der Waals surface area contributed by atoms with Crippen molar-refractivity contribution in [2.45, 2.75) is 84.5 Å². The Morgan fingerprint density at radius 3 is 2.00 bits per heavy atom. The molecule has 2 aliphatic heterocycles. The van der Waals surface area contributed by atoms with Crippen LogP contribution in [-0.4, -0.2) is 41.6 Å². The maximum atomic E-state index is 12.1. The number of hydrogen-bond donors (Lipinski definition) is 1. The Hall–Kier alpha value is -0.570. The zero-order valence-corrected chi connectivity index (χ0v) is 13.5. The minimum absolute atomic E-state index is 0.206. The van der Waals surface area contributed by atoms with E-state index in [0.29, 0.717) is 12.1 Å². The van der Waals surface area contributed by atoms with Crippen molar-refractivity contribution in [1.82, 2.24) is 5.32 Å². The van der Waals surface area contributed by atoms with E-state index in [9.17, 15) is 4.79 Å². The summed E-state index contributed by atoms with van der Waals surface area (Å²) in [5, 5.41) is 3.29. The number of nitrogens with one attached hydrogen (secondary N) is 1. The molecule has 3 heteroatoms. The zero-order valence-electron chi connectivity index (χ0n) is 13.5. The summed E-state index contributed by atoms with van der Waals surface area (Å²) in [5.74, 6) is 0.206. The van der Waals surface area contributed by atoms with E-state index in [-0.39, 0.29) is 11.3 Å². The number of hydrogen-bond acceptors (Lipinski definition) is 1. The smallest absolute Gasteiger partial charge is 0.225 e. The fourth-order valence-corrected chi connectivity index (χ4v) is 4.05. The molecule has 0 saturated carbocycles. The van der Waals surface area contributed by atoms with Gasteiger partial charge in [0.05, 0.1) is 25.2 Å². The molecule has 0 aromatic heterocycles. The predicted octanol–water partition coefficient (Wildman–Crippen LogP) is 2.70. The van der Waals surface area contributed by atoms with E-state index in [4.69, 9.17) is 0 Å². The standard InChI is InChI=1S/C16H30N2O/c1-11(2)18(6)13-7-8-14(18)10-12(9-13)17-15(19)16(3,4)5/h11-14H,7-10H2,1-6H3/p+1. The van der Waals surface area contributed by atoms with Gasteiger partial charge in [-0.05, 0) is 13.8 Å². The Balaban J connectivity index is 2.03. The molecule has 1 N–H and O–H groups in total. The number of nitrogens with zero attached hydrogens (tertiary/aromatic N) is 1. The Morgan fingerprint density at radius 2 is 1.63 bits per heavy atom. The molecule has 2 aliphatic rings. The van der Waals surface area contributed by atoms with Gasteiger partial charge in [-0.2, -0.15) is 0 Å². The van der Waals surface area contributed by atoms with E-state index in [1.807, 2.05) is 20.8 Å². The fourth-order valence-electron chi connectivity index (χ4n) is 4.05. The highest BCUT2D eigenvalue weighted by Gasteiger charge is 2.53. The number of rotatable bonds is 2. The molecule has 3 nitrogen and oxygen atoms in total. The molecule has 2 bridgehead atoms. The third kappa shape index (κ3) is 2.54. The monoisotopic (exact) mass is 267 g/mol. The molecule has 2 rings (SSSR count). The first-order valence-corrected chi connectivity index (χ1v) is 7.82. The Labute approximate surface area is 118 Å². The second-order valence-corrected chi connectivity index (χ2v) is 8.09. The van der Waals surface area contributed by atoms with Gasteiger partial charge in [0.1, 0.15) is 0 Å². The molecule has 0 radical (unpaired) electrons. The highest BCUT2D eigenvalue weighted by molar-refractivity contribution is 5.81. The van der Waals surface area contributed by atoms with E-state index in [0.717, 1.165) is 24.9 Å². The summed E-state index contributed by atoms with van der Waals surface area (Å²) >= 11 is 0. The number of amides is 1. The summed E-state index contributed by atoms with van der Waals surface area (Å²) in [6.07, 6.45) is 4.99. The molecule has 2 saturated heterocycles. The summed E-state index contributed by atoms with van der Waals surface area (Å²) in [4.78, 5) is 12.1. The number of quaternary nitrogens is 1. The number of carbonyl (C=O) groups excluding carboxylic acids is 1. The van der Waals surface area contributed by atoms with Gasteiger partial charge in [0.25, 0.3) is 0 Å². The van der Waals surface area contributed by atoms with Crippen LogP contribution in [0, 0.1) is 5.41 Å². The molecule has 2 heterocycles. The molecule has 0 aromatic carbocycles. The molecule has 19 heavy (non-hydrogen) atoms. The summed E-state index contributed by atoms with van der Waals surface area (Å²) in [6, 6.07) is 2.57. The summed E-state index contributed by atoms with van der Waals surface area (Å²) in [7, 11) is 2.43. The lowest BCUT2D eigenvalue weighted by atomic mass is 9.90. The van der Waals surface area contributed by atoms with Gasteiger partial charge in [0.15, 0.2) is 0 Å². The van der Waals surface area contributed by atoms with Gasteiger partial charge < -0.3 is 9.80 Å². The second kappa shape index (κ2) is 4.76. The van der Waals surface area contributed by atoms with Gasteiger partial charge in [-0.15, -0.1) is 0 Å². The lowest BCUT2D eigenvalue weighted by molar-refractivity contribution is -0.967. The molecule has 2 fully saturated rings. The third-order valence-corrected chi connectivity index (χ3v) is 5.65. The van der Waals surface area contributed by atoms with Crippen LogP contribution in [0.15, 0.2) is 0 Å². The zero-order chi connectivity index (χ0) is 14.4.